The minimum absolute atomic E-state index is 0.0597. The summed E-state index contributed by atoms with van der Waals surface area (Å²) in [4.78, 5) is 24.7. The van der Waals surface area contributed by atoms with E-state index in [1.54, 1.807) is 0 Å². The maximum Gasteiger partial charge on any atom is 0.337 e. The number of halogens is 2. The molecular formula is C12H11BrClNO3S. The molecule has 0 aliphatic carbocycles. The minimum Gasteiger partial charge on any atom is -0.478 e. The lowest BCUT2D eigenvalue weighted by Crippen LogP contribution is -2.26. The number of hydrogen-bond donors (Lipinski definition) is 2. The van der Waals surface area contributed by atoms with E-state index in [1.807, 2.05) is 0 Å². The van der Waals surface area contributed by atoms with Gasteiger partial charge < -0.3 is 10.0 Å². The van der Waals surface area contributed by atoms with Crippen LogP contribution in [-0.4, -0.2) is 29.3 Å². The van der Waals surface area contributed by atoms with Crippen LogP contribution >= 0.6 is 40.2 Å². The fraction of sp³-hybridized carbons (Fsp3) is 0.333. The molecule has 0 bridgehead atoms. The van der Waals surface area contributed by atoms with Gasteiger partial charge in [-0.25, -0.2) is 4.79 Å². The van der Waals surface area contributed by atoms with Gasteiger partial charge in [-0.05, 0) is 39.7 Å². The van der Waals surface area contributed by atoms with Crippen molar-refractivity contribution >= 4 is 57.7 Å². The molecule has 7 heteroatoms. The van der Waals surface area contributed by atoms with Gasteiger partial charge >= 0.3 is 5.97 Å². The van der Waals surface area contributed by atoms with Gasteiger partial charge in [-0.2, -0.15) is 12.6 Å². The van der Waals surface area contributed by atoms with E-state index in [1.165, 1.54) is 17.0 Å². The van der Waals surface area contributed by atoms with Gasteiger partial charge in [-0.3, -0.25) is 4.79 Å². The molecule has 1 fully saturated rings. The van der Waals surface area contributed by atoms with Crippen LogP contribution in [-0.2, 0) is 4.79 Å². The zero-order valence-electron chi connectivity index (χ0n) is 9.77. The Hall–Kier alpha value is -0.720. The Morgan fingerprint density at radius 3 is 2.79 bits per heavy atom. The summed E-state index contributed by atoms with van der Waals surface area (Å²) >= 11 is 13.4. The SMILES string of the molecule is O=C(O)c1cc(Br)c(Cl)cc1N1CC(CS)CC1=O. The van der Waals surface area contributed by atoms with Gasteiger partial charge in [0.25, 0.3) is 0 Å². The molecule has 1 aliphatic heterocycles. The number of rotatable bonds is 3. The second-order valence-electron chi connectivity index (χ2n) is 4.35. The van der Waals surface area contributed by atoms with Crippen molar-refractivity contribution in [3.05, 3.63) is 27.2 Å². The Morgan fingerprint density at radius 2 is 2.26 bits per heavy atom. The van der Waals surface area contributed by atoms with Crippen molar-refractivity contribution in [1.29, 1.82) is 0 Å². The molecule has 0 aromatic heterocycles. The zero-order chi connectivity index (χ0) is 14.2. The van der Waals surface area contributed by atoms with Crippen LogP contribution < -0.4 is 4.90 Å². The lowest BCUT2D eigenvalue weighted by molar-refractivity contribution is -0.117. The summed E-state index contributed by atoms with van der Waals surface area (Å²) in [5.41, 5.74) is 0.402. The van der Waals surface area contributed by atoms with Crippen LogP contribution in [0.2, 0.25) is 5.02 Å². The Bertz CT molecular complexity index is 552. The molecule has 1 amide bonds. The highest BCUT2D eigenvalue weighted by atomic mass is 79.9. The van der Waals surface area contributed by atoms with Gasteiger partial charge in [0.05, 0.1) is 16.3 Å². The molecule has 1 aromatic carbocycles. The predicted molar refractivity (Wildman–Crippen MR) is 80.4 cm³/mol. The second-order valence-corrected chi connectivity index (χ2v) is 5.97. The summed E-state index contributed by atoms with van der Waals surface area (Å²) in [6.07, 6.45) is 0.385. The van der Waals surface area contributed by atoms with Gasteiger partial charge in [-0.15, -0.1) is 0 Å². The van der Waals surface area contributed by atoms with Crippen molar-refractivity contribution in [2.75, 3.05) is 17.2 Å². The summed E-state index contributed by atoms with van der Waals surface area (Å²) < 4.78 is 0.493. The van der Waals surface area contributed by atoms with Gasteiger partial charge in [0.15, 0.2) is 0 Å². The number of nitrogens with zero attached hydrogens (tertiary/aromatic N) is 1. The van der Waals surface area contributed by atoms with E-state index >= 15 is 0 Å². The van der Waals surface area contributed by atoms with E-state index in [4.69, 9.17) is 11.6 Å². The Balaban J connectivity index is 2.47. The Kier molecular flexibility index (Phi) is 4.43. The van der Waals surface area contributed by atoms with Crippen molar-refractivity contribution in [1.82, 2.24) is 0 Å². The highest BCUT2D eigenvalue weighted by Crippen LogP contribution is 2.34. The first kappa shape index (κ1) is 14.7. The number of aromatic carboxylic acids is 1. The van der Waals surface area contributed by atoms with E-state index in [0.29, 0.717) is 33.9 Å². The molecule has 0 spiro atoms. The fourth-order valence-electron chi connectivity index (χ4n) is 2.07. The molecule has 19 heavy (non-hydrogen) atoms. The van der Waals surface area contributed by atoms with E-state index in [-0.39, 0.29) is 17.4 Å². The molecule has 0 saturated carbocycles. The number of carbonyl (C=O) groups excluding carboxylic acids is 1. The summed E-state index contributed by atoms with van der Waals surface area (Å²) in [7, 11) is 0. The van der Waals surface area contributed by atoms with Gasteiger partial charge in [0.1, 0.15) is 0 Å². The normalized spacial score (nSPS) is 19.0. The van der Waals surface area contributed by atoms with Crippen LogP contribution in [0.5, 0.6) is 0 Å². The van der Waals surface area contributed by atoms with Gasteiger partial charge in [-0.1, -0.05) is 11.6 Å². The number of hydrogen-bond acceptors (Lipinski definition) is 3. The summed E-state index contributed by atoms with van der Waals surface area (Å²) in [5, 5.41) is 9.61. The number of amides is 1. The average molecular weight is 365 g/mol. The first-order chi connectivity index (χ1) is 8.93. The van der Waals surface area contributed by atoms with E-state index in [9.17, 15) is 14.7 Å². The lowest BCUT2D eigenvalue weighted by atomic mass is 10.1. The number of anilines is 1. The Labute approximate surface area is 129 Å². The third kappa shape index (κ3) is 2.90. The number of carbonyl (C=O) groups is 2. The van der Waals surface area contributed by atoms with E-state index < -0.39 is 5.97 Å². The second kappa shape index (κ2) is 5.73. The topological polar surface area (TPSA) is 57.6 Å². The molecule has 1 heterocycles. The molecular weight excluding hydrogens is 354 g/mol. The van der Waals surface area contributed by atoms with E-state index in [0.717, 1.165) is 0 Å². The van der Waals surface area contributed by atoms with Gasteiger partial charge in [0.2, 0.25) is 5.91 Å². The molecule has 0 radical (unpaired) electrons. The molecule has 1 unspecified atom stereocenters. The minimum atomic E-state index is -1.09. The van der Waals surface area contributed by atoms with Crippen molar-refractivity contribution < 1.29 is 14.7 Å². The summed E-state index contributed by atoms with van der Waals surface area (Å²) in [6, 6.07) is 2.93. The molecule has 1 aliphatic rings. The van der Waals surface area contributed by atoms with Crippen LogP contribution in [0.15, 0.2) is 16.6 Å². The molecule has 1 aromatic rings. The zero-order valence-corrected chi connectivity index (χ0v) is 13.0. The highest BCUT2D eigenvalue weighted by Gasteiger charge is 2.32. The molecule has 1 N–H and O–H groups in total. The largest absolute Gasteiger partial charge is 0.478 e. The van der Waals surface area contributed by atoms with Crippen molar-refractivity contribution in [2.45, 2.75) is 6.42 Å². The van der Waals surface area contributed by atoms with Crippen molar-refractivity contribution in [2.24, 2.45) is 5.92 Å². The highest BCUT2D eigenvalue weighted by molar-refractivity contribution is 9.10. The summed E-state index contributed by atoms with van der Waals surface area (Å²) in [5.74, 6) is -0.455. The first-order valence-electron chi connectivity index (χ1n) is 5.57. The first-order valence-corrected chi connectivity index (χ1v) is 7.38. The standard InChI is InChI=1S/C12H11BrClNO3S/c13-8-2-7(12(17)18)10(3-9(8)14)15-4-6(5-19)1-11(15)16/h2-3,6,19H,1,4-5H2,(H,17,18). The number of carboxylic acids is 1. The number of carboxylic acid groups (broad SMARTS) is 1. The van der Waals surface area contributed by atoms with Crippen LogP contribution in [0.4, 0.5) is 5.69 Å². The summed E-state index contributed by atoms with van der Waals surface area (Å²) in [6.45, 7) is 0.473. The smallest absolute Gasteiger partial charge is 0.337 e. The van der Waals surface area contributed by atoms with Crippen LogP contribution in [0, 0.1) is 5.92 Å². The van der Waals surface area contributed by atoms with Crippen LogP contribution in [0.3, 0.4) is 0 Å². The number of benzene rings is 1. The third-order valence-electron chi connectivity index (χ3n) is 3.02. The van der Waals surface area contributed by atoms with Crippen LogP contribution in [0.1, 0.15) is 16.8 Å². The average Bonchev–Trinajstić information content (AvgIpc) is 2.73. The molecule has 1 atom stereocenters. The van der Waals surface area contributed by atoms with Crippen LogP contribution in [0.25, 0.3) is 0 Å². The van der Waals surface area contributed by atoms with Gasteiger partial charge in [0, 0.05) is 17.4 Å². The quantitative estimate of drug-likeness (QED) is 0.810. The third-order valence-corrected chi connectivity index (χ3v) is 4.74. The molecule has 4 nitrogen and oxygen atoms in total. The lowest BCUT2D eigenvalue weighted by Gasteiger charge is -2.19. The van der Waals surface area contributed by atoms with E-state index in [2.05, 4.69) is 28.6 Å². The molecule has 2 rings (SSSR count). The number of thiol groups is 1. The monoisotopic (exact) mass is 363 g/mol. The maximum atomic E-state index is 12.0. The maximum absolute atomic E-state index is 12.0. The molecule has 1 saturated heterocycles. The predicted octanol–water partition coefficient (Wildman–Crippen LogP) is 3.08. The Morgan fingerprint density at radius 1 is 1.58 bits per heavy atom. The van der Waals surface area contributed by atoms with Crippen molar-refractivity contribution in [3.63, 3.8) is 0 Å². The fourth-order valence-corrected chi connectivity index (χ4v) is 2.81. The van der Waals surface area contributed by atoms with Crippen molar-refractivity contribution in [3.8, 4) is 0 Å². The molecule has 102 valence electrons.